The quantitative estimate of drug-likeness (QED) is 0.194. The first-order chi connectivity index (χ1) is 15.4. The van der Waals surface area contributed by atoms with Crippen molar-refractivity contribution >= 4 is 7.60 Å². The topological polar surface area (TPSA) is 66.8 Å². The largest absolute Gasteiger partial charge is 0.378 e. The lowest BCUT2D eigenvalue weighted by molar-refractivity contribution is 0.0226. The second kappa shape index (κ2) is 15.2. The van der Waals surface area contributed by atoms with Crippen molar-refractivity contribution < 1.29 is 23.5 Å². The monoisotopic (exact) mass is 470 g/mol. The van der Waals surface area contributed by atoms with Gasteiger partial charge >= 0.3 is 7.60 Å². The van der Waals surface area contributed by atoms with Gasteiger partial charge in [0.2, 0.25) is 0 Å². The van der Waals surface area contributed by atoms with Crippen LogP contribution in [0.3, 0.4) is 0 Å². The first-order valence-electron chi connectivity index (χ1n) is 12.8. The molecule has 1 aliphatic carbocycles. The summed E-state index contributed by atoms with van der Waals surface area (Å²) < 4.78 is 31.1. The molecule has 1 aromatic rings. The van der Waals surface area contributed by atoms with Crippen LogP contribution in [0.1, 0.15) is 114 Å². The normalized spacial score (nSPS) is 19.4. The minimum Gasteiger partial charge on any atom is -0.378 e. The van der Waals surface area contributed by atoms with Gasteiger partial charge in [-0.1, -0.05) is 70.4 Å². The van der Waals surface area contributed by atoms with Crippen LogP contribution in [0, 0.1) is 5.82 Å². The van der Waals surface area contributed by atoms with Crippen LogP contribution in [0.25, 0.3) is 0 Å². The first-order valence-corrected chi connectivity index (χ1v) is 14.6. The van der Waals surface area contributed by atoms with Crippen LogP contribution in [0.4, 0.5) is 4.39 Å². The van der Waals surface area contributed by atoms with E-state index in [0.29, 0.717) is 18.4 Å². The molecule has 0 heterocycles. The number of hydrogen-bond acceptors (Lipinski definition) is 2. The van der Waals surface area contributed by atoms with Gasteiger partial charge in [0, 0.05) is 12.8 Å². The zero-order chi connectivity index (χ0) is 23.2. The minimum absolute atomic E-state index is 0.0271. The van der Waals surface area contributed by atoms with Crippen molar-refractivity contribution in [1.29, 1.82) is 0 Å². The number of benzene rings is 1. The second-order valence-corrected chi connectivity index (χ2v) is 11.3. The van der Waals surface area contributed by atoms with E-state index in [9.17, 15) is 8.96 Å². The van der Waals surface area contributed by atoms with E-state index in [1.807, 2.05) is 6.07 Å². The summed E-state index contributed by atoms with van der Waals surface area (Å²) >= 11 is 0. The highest BCUT2D eigenvalue weighted by molar-refractivity contribution is 7.51. The van der Waals surface area contributed by atoms with Gasteiger partial charge in [0.05, 0.1) is 6.10 Å². The molecular formula is C26H44FO4P. The molecule has 0 saturated heterocycles. The van der Waals surface area contributed by atoms with Crippen LogP contribution in [0.15, 0.2) is 18.2 Å². The summed E-state index contributed by atoms with van der Waals surface area (Å²) in [5, 5.41) is 0. The molecule has 1 aliphatic rings. The Morgan fingerprint density at radius 1 is 0.938 bits per heavy atom. The molecule has 1 fully saturated rings. The zero-order valence-electron chi connectivity index (χ0n) is 19.9. The summed E-state index contributed by atoms with van der Waals surface area (Å²) in [6.07, 6.45) is 16.3. The van der Waals surface area contributed by atoms with E-state index in [1.165, 1.54) is 25.7 Å². The zero-order valence-corrected chi connectivity index (χ0v) is 20.8. The summed E-state index contributed by atoms with van der Waals surface area (Å²) in [7, 11) is -3.80. The maximum absolute atomic E-state index is 14.2. The molecule has 0 aromatic heterocycles. The third-order valence-electron chi connectivity index (χ3n) is 6.69. The fraction of sp³-hybridized carbons (Fsp3) is 0.769. The fourth-order valence-electron chi connectivity index (χ4n) is 4.76. The molecular weight excluding hydrogens is 426 g/mol. The highest BCUT2D eigenvalue weighted by Crippen LogP contribution is 2.36. The highest BCUT2D eigenvalue weighted by atomic mass is 31.2. The lowest BCUT2D eigenvalue weighted by atomic mass is 9.82. The van der Waals surface area contributed by atoms with Crippen molar-refractivity contribution in [3.8, 4) is 0 Å². The molecule has 0 spiro atoms. The Morgan fingerprint density at radius 2 is 1.53 bits per heavy atom. The third kappa shape index (κ3) is 11.4. The van der Waals surface area contributed by atoms with Gasteiger partial charge in [-0.25, -0.2) is 4.39 Å². The van der Waals surface area contributed by atoms with Gasteiger partial charge in [-0.3, -0.25) is 4.57 Å². The van der Waals surface area contributed by atoms with E-state index in [4.69, 9.17) is 14.5 Å². The van der Waals surface area contributed by atoms with E-state index in [-0.39, 0.29) is 12.0 Å². The lowest BCUT2D eigenvalue weighted by Crippen LogP contribution is -2.21. The first kappa shape index (κ1) is 27.5. The smallest absolute Gasteiger partial charge is 0.325 e. The summed E-state index contributed by atoms with van der Waals surface area (Å²) in [6, 6.07) is 5.87. The molecule has 0 aliphatic heterocycles. The average molecular weight is 471 g/mol. The van der Waals surface area contributed by atoms with Crippen LogP contribution < -0.4 is 0 Å². The van der Waals surface area contributed by atoms with Crippen molar-refractivity contribution in [2.24, 2.45) is 0 Å². The van der Waals surface area contributed by atoms with Crippen LogP contribution in [-0.4, -0.2) is 28.7 Å². The van der Waals surface area contributed by atoms with Crippen LogP contribution >= 0.6 is 7.60 Å². The number of rotatable bonds is 16. The molecule has 4 nitrogen and oxygen atoms in total. The van der Waals surface area contributed by atoms with Gasteiger partial charge in [-0.2, -0.15) is 0 Å². The molecule has 2 N–H and O–H groups in total. The predicted molar refractivity (Wildman–Crippen MR) is 130 cm³/mol. The van der Waals surface area contributed by atoms with Gasteiger partial charge in [0.15, 0.2) is 0 Å². The minimum atomic E-state index is -3.80. The molecule has 6 heteroatoms. The van der Waals surface area contributed by atoms with Gasteiger partial charge < -0.3 is 14.5 Å². The van der Waals surface area contributed by atoms with Crippen molar-refractivity contribution in [2.45, 2.75) is 115 Å². The number of ether oxygens (including phenoxy) is 1. The summed E-state index contributed by atoms with van der Waals surface area (Å²) in [5.74, 6) is 0.430. The lowest BCUT2D eigenvalue weighted by Gasteiger charge is -2.29. The molecule has 0 atom stereocenters. The van der Waals surface area contributed by atoms with Crippen LogP contribution in [0.5, 0.6) is 0 Å². The van der Waals surface area contributed by atoms with Crippen molar-refractivity contribution in [2.75, 3.05) is 12.8 Å². The number of aryl methyl sites for hydroxylation is 1. The maximum atomic E-state index is 14.2. The van der Waals surface area contributed by atoms with Crippen molar-refractivity contribution in [3.63, 3.8) is 0 Å². The van der Waals surface area contributed by atoms with Crippen molar-refractivity contribution in [3.05, 3.63) is 35.1 Å². The molecule has 0 bridgehead atoms. The number of unbranched alkanes of at least 4 members (excludes halogenated alkanes) is 8. The average Bonchev–Trinajstić information content (AvgIpc) is 2.76. The molecule has 32 heavy (non-hydrogen) atoms. The standard InChI is InChI=1S/C26H44FO4P/c1-2-12-23-13-14-24(21-26(23)27)22-15-17-25(18-16-22)31-19-10-8-6-4-3-5-7-9-11-20-32(28,29)30/h13-14,21-22,25H,2-12,15-20H2,1H3,(H2,28,29,30). The Kier molecular flexibility index (Phi) is 13.1. The summed E-state index contributed by atoms with van der Waals surface area (Å²) in [4.78, 5) is 17.6. The van der Waals surface area contributed by atoms with Crippen LogP contribution in [-0.2, 0) is 15.7 Å². The Labute approximate surface area is 194 Å². The predicted octanol–water partition coefficient (Wildman–Crippen LogP) is 7.51. The van der Waals surface area contributed by atoms with E-state index in [1.54, 1.807) is 6.07 Å². The Hall–Kier alpha value is -0.740. The molecule has 0 amide bonds. The van der Waals surface area contributed by atoms with Crippen LogP contribution in [0.2, 0.25) is 0 Å². The Balaban J connectivity index is 1.45. The molecule has 1 saturated carbocycles. The molecule has 0 unspecified atom stereocenters. The van der Waals surface area contributed by atoms with E-state index < -0.39 is 7.60 Å². The van der Waals surface area contributed by atoms with Gasteiger partial charge in [-0.05, 0) is 68.1 Å². The van der Waals surface area contributed by atoms with E-state index in [0.717, 1.165) is 81.9 Å². The summed E-state index contributed by atoms with van der Waals surface area (Å²) in [6.45, 7) is 2.93. The van der Waals surface area contributed by atoms with Gasteiger partial charge in [-0.15, -0.1) is 0 Å². The van der Waals surface area contributed by atoms with E-state index >= 15 is 0 Å². The second-order valence-electron chi connectivity index (χ2n) is 9.52. The molecule has 0 radical (unpaired) electrons. The molecule has 1 aromatic carbocycles. The summed E-state index contributed by atoms with van der Waals surface area (Å²) in [5.41, 5.74) is 1.99. The van der Waals surface area contributed by atoms with Crippen molar-refractivity contribution in [1.82, 2.24) is 0 Å². The molecule has 184 valence electrons. The van der Waals surface area contributed by atoms with Gasteiger partial charge in [0.25, 0.3) is 0 Å². The maximum Gasteiger partial charge on any atom is 0.325 e. The number of halogens is 1. The van der Waals surface area contributed by atoms with Gasteiger partial charge in [0.1, 0.15) is 5.82 Å². The molecule has 2 rings (SSSR count). The fourth-order valence-corrected chi connectivity index (χ4v) is 5.40. The van der Waals surface area contributed by atoms with E-state index in [2.05, 4.69) is 13.0 Å². The highest BCUT2D eigenvalue weighted by Gasteiger charge is 2.23. The SMILES string of the molecule is CCCc1ccc(C2CCC(OCCCCCCCCCCCP(=O)(O)O)CC2)cc1F. The third-order valence-corrected chi connectivity index (χ3v) is 7.59. The Morgan fingerprint density at radius 3 is 2.09 bits per heavy atom. The Bertz CT molecular complexity index is 682. The number of hydrogen-bond donors (Lipinski definition) is 2.